The highest BCUT2D eigenvalue weighted by molar-refractivity contribution is 5.76. The van der Waals surface area contributed by atoms with Crippen LogP contribution in [0.3, 0.4) is 0 Å². The van der Waals surface area contributed by atoms with Gasteiger partial charge in [-0.3, -0.25) is 9.59 Å². The van der Waals surface area contributed by atoms with E-state index in [4.69, 9.17) is 19.3 Å². The fourth-order valence-electron chi connectivity index (χ4n) is 4.00. The largest absolute Gasteiger partial charge is 0.481 e. The molecule has 25 heavy (non-hydrogen) atoms. The van der Waals surface area contributed by atoms with Crippen molar-refractivity contribution < 1.29 is 28.9 Å². The zero-order chi connectivity index (χ0) is 18.4. The molecule has 6 heteroatoms. The highest BCUT2D eigenvalue weighted by Crippen LogP contribution is 2.41. The summed E-state index contributed by atoms with van der Waals surface area (Å²) in [5, 5.41) is 8.71. The van der Waals surface area contributed by atoms with E-state index in [1.54, 1.807) is 0 Å². The van der Waals surface area contributed by atoms with Gasteiger partial charge < -0.3 is 19.3 Å². The second-order valence-electron chi connectivity index (χ2n) is 7.76. The van der Waals surface area contributed by atoms with Crippen LogP contribution in [0.5, 0.6) is 0 Å². The summed E-state index contributed by atoms with van der Waals surface area (Å²) in [5.74, 6) is 0.382. The van der Waals surface area contributed by atoms with Crippen LogP contribution in [0.1, 0.15) is 65.7 Å². The normalized spacial score (nSPS) is 36.9. The molecule has 2 rings (SSSR count). The number of carbonyl (C=O) groups is 2. The first kappa shape index (κ1) is 20.2. The predicted molar refractivity (Wildman–Crippen MR) is 91.6 cm³/mol. The first-order valence-corrected chi connectivity index (χ1v) is 9.51. The van der Waals surface area contributed by atoms with E-state index in [0.29, 0.717) is 17.8 Å². The minimum Gasteiger partial charge on any atom is -0.481 e. The maximum Gasteiger partial charge on any atom is 0.308 e. The summed E-state index contributed by atoms with van der Waals surface area (Å²) < 4.78 is 16.9. The van der Waals surface area contributed by atoms with Crippen LogP contribution in [-0.2, 0) is 23.8 Å². The lowest BCUT2D eigenvalue weighted by Crippen LogP contribution is -2.36. The molecule has 2 aliphatic rings. The third-order valence-electron chi connectivity index (χ3n) is 5.90. The van der Waals surface area contributed by atoms with E-state index >= 15 is 0 Å². The lowest BCUT2D eigenvalue weighted by molar-refractivity contribution is -0.228. The van der Waals surface area contributed by atoms with Crippen molar-refractivity contribution >= 4 is 11.9 Å². The lowest BCUT2D eigenvalue weighted by atomic mass is 9.69. The number of carboxylic acids is 1. The molecule has 0 radical (unpaired) electrons. The number of carboxylic acid groups (broad SMARTS) is 1. The minimum atomic E-state index is -1.00. The van der Waals surface area contributed by atoms with E-state index < -0.39 is 18.2 Å². The molecule has 0 amide bonds. The van der Waals surface area contributed by atoms with Gasteiger partial charge in [0.2, 0.25) is 6.29 Å². The summed E-state index contributed by atoms with van der Waals surface area (Å²) in [6.45, 7) is 6.53. The summed E-state index contributed by atoms with van der Waals surface area (Å²) in [6.07, 6.45) is 4.68. The average Bonchev–Trinajstić information content (AvgIpc) is 2.58. The van der Waals surface area contributed by atoms with Gasteiger partial charge in [-0.05, 0) is 50.4 Å². The Kier molecular flexibility index (Phi) is 7.69. The summed E-state index contributed by atoms with van der Waals surface area (Å²) in [4.78, 5) is 22.6. The predicted octanol–water partition coefficient (Wildman–Crippen LogP) is 3.58. The van der Waals surface area contributed by atoms with E-state index in [1.165, 1.54) is 6.42 Å². The number of fused-ring (bicyclic) bond motifs is 2. The second-order valence-corrected chi connectivity index (χ2v) is 7.76. The fraction of sp³-hybridized carbons (Fsp3) is 0.895. The molecule has 2 fully saturated rings. The Morgan fingerprint density at radius 3 is 2.44 bits per heavy atom. The molecule has 0 aromatic heterocycles. The molecule has 1 aliphatic heterocycles. The minimum absolute atomic E-state index is 0.0702. The molecule has 0 unspecified atom stereocenters. The molecule has 0 aromatic carbocycles. The Morgan fingerprint density at radius 1 is 1.00 bits per heavy atom. The third kappa shape index (κ3) is 6.26. The second kappa shape index (κ2) is 9.53. The zero-order valence-corrected chi connectivity index (χ0v) is 15.6. The molecule has 0 spiro atoms. The summed E-state index contributed by atoms with van der Waals surface area (Å²) in [6, 6.07) is 0. The Hall–Kier alpha value is -1.14. The van der Waals surface area contributed by atoms with Crippen LogP contribution in [0.15, 0.2) is 0 Å². The highest BCUT2D eigenvalue weighted by atomic mass is 16.8. The first-order valence-electron chi connectivity index (χ1n) is 9.51. The Morgan fingerprint density at radius 2 is 1.72 bits per heavy atom. The van der Waals surface area contributed by atoms with Crippen LogP contribution in [0.2, 0.25) is 0 Å². The Bertz CT molecular complexity index is 451. The number of hydrogen-bond acceptors (Lipinski definition) is 5. The number of rotatable bonds is 4. The molecule has 1 saturated heterocycles. The zero-order valence-electron chi connectivity index (χ0n) is 15.6. The van der Waals surface area contributed by atoms with Crippen molar-refractivity contribution in [1.82, 2.24) is 0 Å². The molecular weight excluding hydrogens is 324 g/mol. The van der Waals surface area contributed by atoms with Crippen molar-refractivity contribution in [1.29, 1.82) is 0 Å². The van der Waals surface area contributed by atoms with Gasteiger partial charge >= 0.3 is 11.9 Å². The van der Waals surface area contributed by atoms with Gasteiger partial charge in [-0.25, -0.2) is 0 Å². The number of aliphatic carboxylic acids is 1. The number of esters is 1. The van der Waals surface area contributed by atoms with E-state index in [9.17, 15) is 9.59 Å². The monoisotopic (exact) mass is 356 g/mol. The molecule has 2 bridgehead atoms. The molecule has 1 N–H and O–H groups in total. The van der Waals surface area contributed by atoms with Gasteiger partial charge in [0.05, 0.1) is 18.9 Å². The van der Waals surface area contributed by atoms with Crippen LogP contribution >= 0.6 is 0 Å². The summed E-state index contributed by atoms with van der Waals surface area (Å²) in [7, 11) is 0. The van der Waals surface area contributed by atoms with Crippen LogP contribution in [0.25, 0.3) is 0 Å². The summed E-state index contributed by atoms with van der Waals surface area (Å²) >= 11 is 0. The average molecular weight is 356 g/mol. The maximum atomic E-state index is 12.0. The molecular formula is C19H32O6. The molecule has 6 atom stereocenters. The van der Waals surface area contributed by atoms with Gasteiger partial charge in [-0.15, -0.1) is 0 Å². The topological polar surface area (TPSA) is 82.1 Å². The van der Waals surface area contributed by atoms with E-state index in [-0.39, 0.29) is 31.7 Å². The number of ether oxygens (including phenoxy) is 3. The number of carbonyl (C=O) groups excluding carboxylic acids is 1. The molecule has 6 nitrogen and oxygen atoms in total. The lowest BCUT2D eigenvalue weighted by Gasteiger charge is -2.38. The molecule has 0 aromatic rings. The quantitative estimate of drug-likeness (QED) is 0.775. The molecule has 1 heterocycles. The van der Waals surface area contributed by atoms with Crippen LogP contribution in [-0.4, -0.2) is 36.2 Å². The van der Waals surface area contributed by atoms with Crippen molar-refractivity contribution in [2.24, 2.45) is 23.7 Å². The van der Waals surface area contributed by atoms with Crippen molar-refractivity contribution in [2.75, 3.05) is 6.79 Å². The molecule has 144 valence electrons. The van der Waals surface area contributed by atoms with Gasteiger partial charge in [0, 0.05) is 5.92 Å². The Balaban J connectivity index is 2.03. The third-order valence-corrected chi connectivity index (χ3v) is 5.90. The Labute approximate surface area is 150 Å². The van der Waals surface area contributed by atoms with Crippen LogP contribution < -0.4 is 0 Å². The molecule has 1 aliphatic carbocycles. The number of hydrogen-bond donors (Lipinski definition) is 1. The van der Waals surface area contributed by atoms with E-state index in [2.05, 4.69) is 13.8 Å². The smallest absolute Gasteiger partial charge is 0.308 e. The van der Waals surface area contributed by atoms with Gasteiger partial charge in [-0.1, -0.05) is 20.3 Å². The van der Waals surface area contributed by atoms with Crippen molar-refractivity contribution in [3.63, 3.8) is 0 Å². The van der Waals surface area contributed by atoms with E-state index in [0.717, 1.165) is 25.7 Å². The summed E-state index contributed by atoms with van der Waals surface area (Å²) in [5.41, 5.74) is 0. The van der Waals surface area contributed by atoms with Crippen molar-refractivity contribution in [3.8, 4) is 0 Å². The highest BCUT2D eigenvalue weighted by Gasteiger charge is 2.36. The van der Waals surface area contributed by atoms with Crippen molar-refractivity contribution in [3.05, 3.63) is 0 Å². The maximum absolute atomic E-state index is 12.0. The standard InChI is InChI=1S/C19H32O6/c1-12-4-6-16-10-15(12)7-5-13(2)23-11-24-19(14(16)3)25-18(22)9-8-17(20)21/h12-16,19H,4-11H2,1-3H3,(H,20,21)/t12-,13+,14-,15-,16-,19+/m1/s1. The van der Waals surface area contributed by atoms with Gasteiger partial charge in [0.15, 0.2) is 6.79 Å². The van der Waals surface area contributed by atoms with Gasteiger partial charge in [-0.2, -0.15) is 0 Å². The van der Waals surface area contributed by atoms with Gasteiger partial charge in [0.25, 0.3) is 0 Å². The fourth-order valence-corrected chi connectivity index (χ4v) is 4.00. The first-order chi connectivity index (χ1) is 11.9. The van der Waals surface area contributed by atoms with Crippen molar-refractivity contribution in [2.45, 2.75) is 78.1 Å². The molecule has 1 saturated carbocycles. The van der Waals surface area contributed by atoms with E-state index in [1.807, 2.05) is 6.92 Å². The van der Waals surface area contributed by atoms with Gasteiger partial charge in [0.1, 0.15) is 0 Å². The SMILES string of the molecule is C[C@@H]1[C@@H]2CC[C@@H](C)[C@H](CC[C@H](C)OCO[C@H]1OC(=O)CCC(=O)O)C2. The van der Waals surface area contributed by atoms with Crippen LogP contribution in [0, 0.1) is 23.7 Å². The van der Waals surface area contributed by atoms with Crippen LogP contribution in [0.4, 0.5) is 0 Å².